The third-order valence-electron chi connectivity index (χ3n) is 3.38. The first-order valence-electron chi connectivity index (χ1n) is 5.59. The van der Waals surface area contributed by atoms with E-state index in [2.05, 4.69) is 26.3 Å². The lowest BCUT2D eigenvalue weighted by Gasteiger charge is -2.40. The van der Waals surface area contributed by atoms with Crippen LogP contribution in [0.1, 0.15) is 19.3 Å². The Morgan fingerprint density at radius 3 is 2.88 bits per heavy atom. The first kappa shape index (κ1) is 12.6. The molecule has 0 saturated heterocycles. The van der Waals surface area contributed by atoms with Gasteiger partial charge in [0.1, 0.15) is 4.47 Å². The summed E-state index contributed by atoms with van der Waals surface area (Å²) < 4.78 is 7.32. The van der Waals surface area contributed by atoms with Gasteiger partial charge < -0.3 is 10.1 Å². The molecule has 1 aliphatic rings. The van der Waals surface area contributed by atoms with Crippen LogP contribution in [0.3, 0.4) is 0 Å². The average molecular weight is 302 g/mol. The fourth-order valence-electron chi connectivity index (χ4n) is 1.91. The van der Waals surface area contributed by atoms with Crippen molar-refractivity contribution in [3.8, 4) is 0 Å². The second-order valence-electron chi connectivity index (χ2n) is 4.40. The maximum atomic E-state index is 11.6. The maximum Gasteiger partial charge on any atom is 0.282 e. The molecular formula is C11H16BrN3O2. The normalized spacial score (nSPS) is 17.6. The molecule has 1 N–H and O–H groups in total. The molecule has 6 heteroatoms. The van der Waals surface area contributed by atoms with Gasteiger partial charge in [-0.25, -0.2) is 4.68 Å². The summed E-state index contributed by atoms with van der Waals surface area (Å²) in [6, 6.07) is 0. The molecule has 0 amide bonds. The van der Waals surface area contributed by atoms with Gasteiger partial charge in [0, 0.05) is 20.7 Å². The molecule has 94 valence electrons. The molecule has 1 heterocycles. The Labute approximate surface area is 108 Å². The minimum atomic E-state index is -0.143. The molecule has 0 atom stereocenters. The summed E-state index contributed by atoms with van der Waals surface area (Å²) in [5.74, 6) is 0. The van der Waals surface area contributed by atoms with Crippen molar-refractivity contribution in [1.82, 2.24) is 9.78 Å². The van der Waals surface area contributed by atoms with Gasteiger partial charge in [-0.05, 0) is 35.2 Å². The molecule has 0 aliphatic heterocycles. The number of nitrogens with one attached hydrogen (secondary N) is 1. The van der Waals surface area contributed by atoms with E-state index in [-0.39, 0.29) is 11.2 Å². The molecule has 5 nitrogen and oxygen atoms in total. The van der Waals surface area contributed by atoms with Gasteiger partial charge in [-0.3, -0.25) is 4.79 Å². The lowest BCUT2D eigenvalue weighted by atomic mass is 9.80. The maximum absolute atomic E-state index is 11.6. The van der Waals surface area contributed by atoms with Crippen LogP contribution < -0.4 is 10.9 Å². The SMILES string of the molecule is COC1(CNc2cnn(C)c(=O)c2Br)CCC1. The van der Waals surface area contributed by atoms with E-state index in [1.807, 2.05) is 0 Å². The van der Waals surface area contributed by atoms with Crippen molar-refractivity contribution in [3.05, 3.63) is 21.0 Å². The van der Waals surface area contributed by atoms with E-state index < -0.39 is 0 Å². The van der Waals surface area contributed by atoms with E-state index in [1.165, 1.54) is 11.1 Å². The standard InChI is InChI=1S/C11H16BrN3O2/c1-15-10(16)9(12)8(6-14-15)13-7-11(17-2)4-3-5-11/h6,13H,3-5,7H2,1-2H3. The van der Waals surface area contributed by atoms with E-state index in [1.54, 1.807) is 20.4 Å². The van der Waals surface area contributed by atoms with Gasteiger partial charge in [0.05, 0.1) is 17.5 Å². The van der Waals surface area contributed by atoms with Gasteiger partial charge in [-0.2, -0.15) is 5.10 Å². The van der Waals surface area contributed by atoms with Crippen LogP contribution in [-0.2, 0) is 11.8 Å². The number of nitrogens with zero attached hydrogens (tertiary/aromatic N) is 2. The van der Waals surface area contributed by atoms with Crippen LogP contribution in [0.5, 0.6) is 0 Å². The Balaban J connectivity index is 2.09. The third kappa shape index (κ3) is 2.37. The Bertz CT molecular complexity index is 463. The van der Waals surface area contributed by atoms with Crippen LogP contribution in [0, 0.1) is 0 Å². The Kier molecular flexibility index (Phi) is 3.53. The molecular weight excluding hydrogens is 286 g/mol. The number of aromatic nitrogens is 2. The first-order valence-corrected chi connectivity index (χ1v) is 6.38. The second kappa shape index (κ2) is 4.78. The van der Waals surface area contributed by atoms with E-state index >= 15 is 0 Å². The minimum absolute atomic E-state index is 0.0689. The molecule has 1 aromatic heterocycles. The van der Waals surface area contributed by atoms with Crippen LogP contribution >= 0.6 is 15.9 Å². The smallest absolute Gasteiger partial charge is 0.282 e. The summed E-state index contributed by atoms with van der Waals surface area (Å²) in [5.41, 5.74) is 0.507. The number of rotatable bonds is 4. The minimum Gasteiger partial charge on any atom is -0.380 e. The third-order valence-corrected chi connectivity index (χ3v) is 4.14. The van der Waals surface area contributed by atoms with Crippen molar-refractivity contribution < 1.29 is 4.74 Å². The lowest BCUT2D eigenvalue weighted by Crippen LogP contribution is -2.45. The summed E-state index contributed by atoms with van der Waals surface area (Å²) >= 11 is 3.28. The molecule has 0 unspecified atom stereocenters. The Morgan fingerprint density at radius 1 is 1.65 bits per heavy atom. The van der Waals surface area contributed by atoms with Gasteiger partial charge in [0.2, 0.25) is 0 Å². The molecule has 1 fully saturated rings. The topological polar surface area (TPSA) is 56.1 Å². The summed E-state index contributed by atoms with van der Waals surface area (Å²) in [6.07, 6.45) is 4.97. The highest BCUT2D eigenvalue weighted by Gasteiger charge is 2.36. The van der Waals surface area contributed by atoms with E-state index in [4.69, 9.17) is 4.74 Å². The van der Waals surface area contributed by atoms with Gasteiger partial charge >= 0.3 is 0 Å². The zero-order valence-corrected chi connectivity index (χ0v) is 11.6. The predicted molar refractivity (Wildman–Crippen MR) is 69.3 cm³/mol. The van der Waals surface area contributed by atoms with Gasteiger partial charge in [-0.15, -0.1) is 0 Å². The first-order chi connectivity index (χ1) is 8.08. The van der Waals surface area contributed by atoms with Crippen LogP contribution in [0.4, 0.5) is 5.69 Å². The molecule has 17 heavy (non-hydrogen) atoms. The molecule has 0 spiro atoms. The average Bonchev–Trinajstić information content (AvgIpc) is 2.28. The molecule has 0 aromatic carbocycles. The van der Waals surface area contributed by atoms with Crippen molar-refractivity contribution >= 4 is 21.6 Å². The molecule has 1 aromatic rings. The number of hydrogen-bond donors (Lipinski definition) is 1. The number of aryl methyl sites for hydroxylation is 1. The summed E-state index contributed by atoms with van der Waals surface area (Å²) in [7, 11) is 3.36. The van der Waals surface area contributed by atoms with Crippen molar-refractivity contribution in [2.45, 2.75) is 24.9 Å². The highest BCUT2D eigenvalue weighted by atomic mass is 79.9. The second-order valence-corrected chi connectivity index (χ2v) is 5.19. The lowest BCUT2D eigenvalue weighted by molar-refractivity contribution is -0.0601. The van der Waals surface area contributed by atoms with Gasteiger partial charge in [0.15, 0.2) is 0 Å². The van der Waals surface area contributed by atoms with Crippen LogP contribution in [0.15, 0.2) is 15.5 Å². The van der Waals surface area contributed by atoms with Crippen molar-refractivity contribution in [3.63, 3.8) is 0 Å². The van der Waals surface area contributed by atoms with Crippen LogP contribution in [-0.4, -0.2) is 29.0 Å². The number of ether oxygens (including phenoxy) is 1. The monoisotopic (exact) mass is 301 g/mol. The quantitative estimate of drug-likeness (QED) is 0.916. The molecule has 2 rings (SSSR count). The molecule has 0 bridgehead atoms. The summed E-state index contributed by atoms with van der Waals surface area (Å²) in [5, 5.41) is 7.21. The van der Waals surface area contributed by atoms with Crippen molar-refractivity contribution in [2.24, 2.45) is 7.05 Å². The fraction of sp³-hybridized carbons (Fsp3) is 0.636. The molecule has 1 saturated carbocycles. The highest BCUT2D eigenvalue weighted by Crippen LogP contribution is 2.35. The van der Waals surface area contributed by atoms with E-state index in [9.17, 15) is 4.79 Å². The molecule has 1 aliphatic carbocycles. The highest BCUT2D eigenvalue weighted by molar-refractivity contribution is 9.10. The largest absolute Gasteiger partial charge is 0.380 e. The number of anilines is 1. The summed E-state index contributed by atoms with van der Waals surface area (Å²) in [4.78, 5) is 11.6. The number of methoxy groups -OCH3 is 1. The number of hydrogen-bond acceptors (Lipinski definition) is 4. The zero-order chi connectivity index (χ0) is 12.5. The predicted octanol–water partition coefficient (Wildman–Crippen LogP) is 1.52. The zero-order valence-electron chi connectivity index (χ0n) is 9.99. The van der Waals surface area contributed by atoms with Crippen LogP contribution in [0.2, 0.25) is 0 Å². The Hall–Kier alpha value is -0.880. The van der Waals surface area contributed by atoms with Gasteiger partial charge in [-0.1, -0.05) is 0 Å². The van der Waals surface area contributed by atoms with E-state index in [0.717, 1.165) is 18.5 Å². The van der Waals surface area contributed by atoms with Crippen molar-refractivity contribution in [1.29, 1.82) is 0 Å². The fourth-order valence-corrected chi connectivity index (χ4v) is 2.41. The van der Waals surface area contributed by atoms with Crippen molar-refractivity contribution in [2.75, 3.05) is 19.0 Å². The Morgan fingerprint density at radius 2 is 2.35 bits per heavy atom. The van der Waals surface area contributed by atoms with Gasteiger partial charge in [0.25, 0.3) is 5.56 Å². The molecule has 0 radical (unpaired) electrons. The van der Waals surface area contributed by atoms with Crippen LogP contribution in [0.25, 0.3) is 0 Å². The summed E-state index contributed by atoms with van der Waals surface area (Å²) in [6.45, 7) is 0.705. The van der Waals surface area contributed by atoms with E-state index in [0.29, 0.717) is 11.0 Å². The number of halogens is 1.